The topological polar surface area (TPSA) is 50.4 Å². The Morgan fingerprint density at radius 2 is 2.12 bits per heavy atom. The van der Waals surface area contributed by atoms with E-state index in [4.69, 9.17) is 4.74 Å². The van der Waals surface area contributed by atoms with Crippen LogP contribution in [-0.2, 0) is 0 Å². The lowest BCUT2D eigenvalue weighted by molar-refractivity contribution is 0.202. The number of amides is 1. The van der Waals surface area contributed by atoms with Gasteiger partial charge in [-0.1, -0.05) is 30.4 Å². The number of benzene rings is 1. The van der Waals surface area contributed by atoms with Gasteiger partial charge in [0.1, 0.15) is 11.6 Å². The number of ether oxygens (including phenoxy) is 1. The highest BCUT2D eigenvalue weighted by molar-refractivity contribution is 5.72. The molecule has 2 rings (SSSR count). The minimum atomic E-state index is -0.502. The summed E-state index contributed by atoms with van der Waals surface area (Å²) in [4.78, 5) is 11.5. The molecule has 1 heterocycles. The predicted octanol–water partition coefficient (Wildman–Crippen LogP) is 2.16. The fraction of sp³-hybridized carbons (Fsp3) is 0.154. The summed E-state index contributed by atoms with van der Waals surface area (Å²) in [5, 5.41) is 5.73. The van der Waals surface area contributed by atoms with Crippen LogP contribution >= 0.6 is 0 Å². The van der Waals surface area contributed by atoms with Gasteiger partial charge >= 0.3 is 6.09 Å². The number of hydrogen-bond acceptors (Lipinski definition) is 3. The first-order chi connectivity index (χ1) is 8.24. The van der Waals surface area contributed by atoms with E-state index in [2.05, 4.69) is 10.6 Å². The van der Waals surface area contributed by atoms with Crippen LogP contribution in [0, 0.1) is 0 Å². The zero-order valence-electron chi connectivity index (χ0n) is 9.51. The first kappa shape index (κ1) is 11.3. The molecule has 0 saturated carbocycles. The van der Waals surface area contributed by atoms with Gasteiger partial charge in [-0.2, -0.15) is 0 Å². The molecule has 0 fully saturated rings. The SMILES string of the molecule is CC1C=CC=C(NC(=O)Oc2ccccc2)N1. The zero-order valence-corrected chi connectivity index (χ0v) is 9.51. The standard InChI is InChI=1S/C13H14N2O2/c1-10-6-5-9-12(14-10)15-13(16)17-11-7-3-2-4-8-11/h2-10,14H,1H3,(H,15,16). The number of rotatable bonds is 2. The van der Waals surface area contributed by atoms with Crippen LogP contribution in [0.25, 0.3) is 0 Å². The van der Waals surface area contributed by atoms with Crippen molar-refractivity contribution in [3.05, 3.63) is 54.4 Å². The normalized spacial score (nSPS) is 17.9. The van der Waals surface area contributed by atoms with E-state index >= 15 is 0 Å². The van der Waals surface area contributed by atoms with E-state index in [1.54, 1.807) is 18.2 Å². The Balaban J connectivity index is 1.90. The maximum absolute atomic E-state index is 11.5. The summed E-state index contributed by atoms with van der Waals surface area (Å²) in [5.74, 6) is 1.16. The van der Waals surface area contributed by atoms with E-state index in [1.807, 2.05) is 37.3 Å². The van der Waals surface area contributed by atoms with Crippen molar-refractivity contribution in [1.82, 2.24) is 10.6 Å². The maximum atomic E-state index is 11.5. The van der Waals surface area contributed by atoms with E-state index in [9.17, 15) is 4.79 Å². The minimum absolute atomic E-state index is 0.201. The van der Waals surface area contributed by atoms with Crippen molar-refractivity contribution in [3.63, 3.8) is 0 Å². The van der Waals surface area contributed by atoms with Gasteiger partial charge in [-0.3, -0.25) is 5.32 Å². The molecule has 0 aromatic heterocycles. The number of allylic oxidation sites excluding steroid dienone is 2. The van der Waals surface area contributed by atoms with Crippen molar-refractivity contribution in [3.8, 4) is 5.75 Å². The van der Waals surface area contributed by atoms with Gasteiger partial charge in [-0.15, -0.1) is 0 Å². The minimum Gasteiger partial charge on any atom is -0.410 e. The summed E-state index contributed by atoms with van der Waals surface area (Å²) in [7, 11) is 0. The second-order valence-corrected chi connectivity index (χ2v) is 3.73. The Morgan fingerprint density at radius 3 is 2.82 bits per heavy atom. The largest absolute Gasteiger partial charge is 0.418 e. The van der Waals surface area contributed by atoms with Gasteiger partial charge in [0.25, 0.3) is 0 Å². The van der Waals surface area contributed by atoms with Crippen LogP contribution in [0.3, 0.4) is 0 Å². The molecule has 17 heavy (non-hydrogen) atoms. The second-order valence-electron chi connectivity index (χ2n) is 3.73. The molecular formula is C13H14N2O2. The van der Waals surface area contributed by atoms with Crippen molar-refractivity contribution in [2.24, 2.45) is 0 Å². The molecule has 4 nitrogen and oxygen atoms in total. The van der Waals surface area contributed by atoms with E-state index in [1.165, 1.54) is 0 Å². The quantitative estimate of drug-likeness (QED) is 0.818. The van der Waals surface area contributed by atoms with Crippen molar-refractivity contribution in [2.75, 3.05) is 0 Å². The van der Waals surface area contributed by atoms with Crippen molar-refractivity contribution in [2.45, 2.75) is 13.0 Å². The van der Waals surface area contributed by atoms with Gasteiger partial charge < -0.3 is 10.1 Å². The first-order valence-corrected chi connectivity index (χ1v) is 5.43. The average Bonchev–Trinajstić information content (AvgIpc) is 2.30. The predicted molar refractivity (Wildman–Crippen MR) is 65.4 cm³/mol. The summed E-state index contributed by atoms with van der Waals surface area (Å²) in [6.07, 6.45) is 5.16. The first-order valence-electron chi connectivity index (χ1n) is 5.43. The van der Waals surface area contributed by atoms with Crippen molar-refractivity contribution in [1.29, 1.82) is 0 Å². The third-order valence-electron chi connectivity index (χ3n) is 2.24. The molecule has 1 aliphatic rings. The van der Waals surface area contributed by atoms with E-state index in [0.29, 0.717) is 11.6 Å². The van der Waals surface area contributed by atoms with Crippen LogP contribution in [0.1, 0.15) is 6.92 Å². The van der Waals surface area contributed by atoms with Crippen LogP contribution in [0.2, 0.25) is 0 Å². The monoisotopic (exact) mass is 230 g/mol. The highest BCUT2D eigenvalue weighted by Crippen LogP contribution is 2.08. The molecule has 0 bridgehead atoms. The fourth-order valence-electron chi connectivity index (χ4n) is 1.47. The van der Waals surface area contributed by atoms with Crippen molar-refractivity contribution < 1.29 is 9.53 Å². The Hall–Kier alpha value is -2.23. The lowest BCUT2D eigenvalue weighted by Gasteiger charge is -2.18. The Kier molecular flexibility index (Phi) is 3.45. The van der Waals surface area contributed by atoms with Crippen LogP contribution in [0.4, 0.5) is 4.79 Å². The second kappa shape index (κ2) is 5.21. The summed E-state index contributed by atoms with van der Waals surface area (Å²) >= 11 is 0. The van der Waals surface area contributed by atoms with Gasteiger partial charge in [0.05, 0.1) is 0 Å². The number of para-hydroxylation sites is 1. The lowest BCUT2D eigenvalue weighted by atomic mass is 10.2. The van der Waals surface area contributed by atoms with E-state index in [0.717, 1.165) is 0 Å². The molecule has 1 aromatic carbocycles. The third kappa shape index (κ3) is 3.38. The molecule has 0 radical (unpaired) electrons. The molecular weight excluding hydrogens is 216 g/mol. The number of carbonyl (C=O) groups is 1. The van der Waals surface area contributed by atoms with Gasteiger partial charge in [0, 0.05) is 6.04 Å². The van der Waals surface area contributed by atoms with Crippen LogP contribution in [-0.4, -0.2) is 12.1 Å². The highest BCUT2D eigenvalue weighted by atomic mass is 16.6. The summed E-state index contributed by atoms with van der Waals surface area (Å²) < 4.78 is 5.10. The van der Waals surface area contributed by atoms with Gasteiger partial charge in [0.15, 0.2) is 0 Å². The molecule has 2 N–H and O–H groups in total. The fourth-order valence-corrected chi connectivity index (χ4v) is 1.47. The van der Waals surface area contributed by atoms with Crippen LogP contribution < -0.4 is 15.4 Å². The number of carbonyl (C=O) groups excluding carboxylic acids is 1. The molecule has 88 valence electrons. The zero-order chi connectivity index (χ0) is 12.1. The molecule has 1 aliphatic heterocycles. The molecule has 0 spiro atoms. The smallest absolute Gasteiger partial charge is 0.410 e. The maximum Gasteiger partial charge on any atom is 0.418 e. The van der Waals surface area contributed by atoms with E-state index in [-0.39, 0.29) is 6.04 Å². The van der Waals surface area contributed by atoms with Crippen molar-refractivity contribution >= 4 is 6.09 Å². The molecule has 0 aliphatic carbocycles. The molecule has 1 unspecified atom stereocenters. The molecule has 1 amide bonds. The number of nitrogens with one attached hydrogen (secondary N) is 2. The van der Waals surface area contributed by atoms with E-state index < -0.39 is 6.09 Å². The van der Waals surface area contributed by atoms with Gasteiger partial charge in [0.2, 0.25) is 0 Å². The number of dihydropyridines is 1. The Morgan fingerprint density at radius 1 is 1.35 bits per heavy atom. The summed E-state index contributed by atoms with van der Waals surface area (Å²) in [5.41, 5.74) is 0. The van der Waals surface area contributed by atoms with Gasteiger partial charge in [-0.25, -0.2) is 4.79 Å². The molecule has 1 aromatic rings. The third-order valence-corrected chi connectivity index (χ3v) is 2.24. The lowest BCUT2D eigenvalue weighted by Crippen LogP contribution is -2.38. The number of hydrogen-bond donors (Lipinski definition) is 2. The summed E-state index contributed by atoms with van der Waals surface area (Å²) in [6, 6.07) is 9.14. The molecule has 1 atom stereocenters. The molecule has 4 heteroatoms. The average molecular weight is 230 g/mol. The Labute approximate surface area is 100.0 Å². The Bertz CT molecular complexity index is 452. The van der Waals surface area contributed by atoms with Crippen LogP contribution in [0.15, 0.2) is 54.4 Å². The summed E-state index contributed by atoms with van der Waals surface area (Å²) in [6.45, 7) is 1.99. The van der Waals surface area contributed by atoms with Crippen LogP contribution in [0.5, 0.6) is 5.75 Å². The highest BCUT2D eigenvalue weighted by Gasteiger charge is 2.09. The molecule has 0 saturated heterocycles. The van der Waals surface area contributed by atoms with Gasteiger partial charge in [-0.05, 0) is 25.1 Å².